The molecule has 3 aliphatic rings. The number of carbonyl (C=O) groups excluding carboxylic acids is 3. The molecule has 6 N–H and O–H groups in total. The van der Waals surface area contributed by atoms with Crippen LogP contribution in [-0.2, 0) is 45.5 Å². The number of benzene rings is 1. The number of likely N-dealkylation sites (N-methyl/N-ethyl adjacent to an activating group) is 1. The smallest absolute Gasteiger partial charge is 0.412 e. The highest BCUT2D eigenvalue weighted by molar-refractivity contribution is 6.00. The maximum atomic E-state index is 14.7. The third-order valence-corrected chi connectivity index (χ3v) is 13.6. The summed E-state index contributed by atoms with van der Waals surface area (Å²) >= 11 is 0. The predicted octanol–water partition coefficient (Wildman–Crippen LogP) is 3.02. The topological polar surface area (TPSA) is 254 Å². The number of aryl methyl sites for hydroxylation is 1. The van der Waals surface area contributed by atoms with Crippen LogP contribution < -0.4 is 22.5 Å². The lowest BCUT2D eigenvalue weighted by molar-refractivity contribution is -0.295. The first-order valence-electron chi connectivity index (χ1n) is 23.0. The average molecular weight is 923 g/mol. The maximum Gasteiger partial charge on any atom is 0.412 e. The van der Waals surface area contributed by atoms with E-state index in [2.05, 4.69) is 20.6 Å². The predicted molar refractivity (Wildman–Crippen MR) is 244 cm³/mol. The molecule has 13 atom stereocenters. The number of esters is 1. The molecule has 1 aromatic carbocycles. The fraction of sp³-hybridized carbons (Fsp3) is 0.674. The Labute approximate surface area is 386 Å². The SMILES string of the molecule is CC[C@H]1OC(=O)C(C)C(=O)[C@H](C)[C@@H](O[C@@H]2O[C@H](C)CC(N(C)C)C2O)[C@](C)(OC)C[C@@H](C)CN[C@H](C)[C@H]2N(CCCCn3cc(-c4cccc(N)c4)nn3)C(=O)O[C@]12n1ccc(N)nc1=O. The third kappa shape index (κ3) is 10.4. The van der Waals surface area contributed by atoms with Crippen LogP contribution in [-0.4, -0.2) is 146 Å². The minimum atomic E-state index is -1.97. The molecule has 6 rings (SSSR count). The summed E-state index contributed by atoms with van der Waals surface area (Å²) in [5, 5.41) is 23.8. The lowest BCUT2D eigenvalue weighted by Crippen LogP contribution is -2.65. The van der Waals surface area contributed by atoms with Crippen LogP contribution >= 0.6 is 0 Å². The van der Waals surface area contributed by atoms with Gasteiger partial charge >= 0.3 is 17.8 Å². The maximum absolute atomic E-state index is 14.7. The summed E-state index contributed by atoms with van der Waals surface area (Å²) in [6.45, 7) is 13.6. The fourth-order valence-corrected chi connectivity index (χ4v) is 10.1. The highest BCUT2D eigenvalue weighted by atomic mass is 16.7. The second-order valence-corrected chi connectivity index (χ2v) is 18.9. The van der Waals surface area contributed by atoms with Crippen LogP contribution in [0.3, 0.4) is 0 Å². The summed E-state index contributed by atoms with van der Waals surface area (Å²) in [6.07, 6.45) is -0.127. The monoisotopic (exact) mass is 923 g/mol. The lowest BCUT2D eigenvalue weighted by Gasteiger charge is -2.46. The Hall–Kier alpha value is -4.99. The number of hydrogen-bond acceptors (Lipinski definition) is 17. The number of nitrogen functional groups attached to an aromatic ring is 2. The van der Waals surface area contributed by atoms with E-state index in [1.807, 2.05) is 71.1 Å². The van der Waals surface area contributed by atoms with E-state index in [0.717, 1.165) is 5.56 Å². The zero-order chi connectivity index (χ0) is 48.2. The van der Waals surface area contributed by atoms with Gasteiger partial charge in [-0.2, -0.15) is 4.98 Å². The van der Waals surface area contributed by atoms with Crippen molar-refractivity contribution in [3.05, 3.63) is 53.2 Å². The molecule has 3 fully saturated rings. The molecular weight excluding hydrogens is 853 g/mol. The number of fused-ring (bicyclic) bond motifs is 1. The van der Waals surface area contributed by atoms with Crippen molar-refractivity contribution in [2.24, 2.45) is 17.8 Å². The molecule has 0 spiro atoms. The number of Topliss-reactive ketones (excluding diaryl/α,β-unsaturated/α-hetero) is 1. The van der Waals surface area contributed by atoms with Crippen LogP contribution in [0.15, 0.2) is 47.5 Å². The van der Waals surface area contributed by atoms with Crippen LogP contribution in [0.4, 0.5) is 16.3 Å². The van der Waals surface area contributed by atoms with Gasteiger partial charge in [0.1, 0.15) is 29.6 Å². The molecule has 20 heteroatoms. The number of cyclic esters (lactones) is 1. The number of aliphatic hydroxyl groups excluding tert-OH is 1. The number of rotatable bonds is 12. The number of nitrogens with two attached hydrogens (primary N) is 2. The Balaban J connectivity index is 1.35. The Kier molecular flexibility index (Phi) is 16.0. The van der Waals surface area contributed by atoms with Gasteiger partial charge in [-0.05, 0) is 105 Å². The van der Waals surface area contributed by atoms with E-state index in [4.69, 9.17) is 35.2 Å². The summed E-state index contributed by atoms with van der Waals surface area (Å²) in [5.74, 6) is -3.94. The molecule has 20 nitrogen and oxygen atoms in total. The lowest BCUT2D eigenvalue weighted by atomic mass is 9.78. The molecule has 5 heterocycles. The van der Waals surface area contributed by atoms with Crippen LogP contribution in [0.1, 0.15) is 80.6 Å². The molecule has 3 aliphatic heterocycles. The van der Waals surface area contributed by atoms with E-state index >= 15 is 0 Å². The Morgan fingerprint density at radius 1 is 1.05 bits per heavy atom. The second kappa shape index (κ2) is 20.9. The molecule has 0 bridgehead atoms. The number of nitrogens with zero attached hydrogens (tertiary/aromatic N) is 7. The number of hydrogen-bond donors (Lipinski definition) is 4. The van der Waals surface area contributed by atoms with Crippen molar-refractivity contribution in [2.75, 3.05) is 45.8 Å². The molecule has 0 saturated carbocycles. The van der Waals surface area contributed by atoms with Gasteiger partial charge in [-0.15, -0.1) is 5.10 Å². The average Bonchev–Trinajstić information content (AvgIpc) is 3.87. The highest BCUT2D eigenvalue weighted by Crippen LogP contribution is 2.43. The van der Waals surface area contributed by atoms with Gasteiger partial charge in [0.2, 0.25) is 0 Å². The molecule has 0 aliphatic carbocycles. The van der Waals surface area contributed by atoms with Gasteiger partial charge in [0, 0.05) is 55.6 Å². The summed E-state index contributed by atoms with van der Waals surface area (Å²) < 4.78 is 34.8. The van der Waals surface area contributed by atoms with E-state index in [-0.39, 0.29) is 36.8 Å². The molecule has 3 unspecified atom stereocenters. The highest BCUT2D eigenvalue weighted by Gasteiger charge is 2.63. The van der Waals surface area contributed by atoms with Crippen molar-refractivity contribution in [1.82, 2.24) is 39.7 Å². The summed E-state index contributed by atoms with van der Waals surface area (Å²) in [4.78, 5) is 65.0. The number of ether oxygens (including phenoxy) is 5. The largest absolute Gasteiger partial charge is 0.455 e. The van der Waals surface area contributed by atoms with Crippen molar-refractivity contribution in [2.45, 2.75) is 147 Å². The first kappa shape index (κ1) is 50.4. The van der Waals surface area contributed by atoms with Crippen molar-refractivity contribution < 1.29 is 43.2 Å². The minimum absolute atomic E-state index is 0.0522. The van der Waals surface area contributed by atoms with Crippen LogP contribution in [0.2, 0.25) is 0 Å². The molecule has 3 saturated heterocycles. The number of methoxy groups -OCH3 is 1. The number of ketones is 1. The van der Waals surface area contributed by atoms with E-state index in [9.17, 15) is 24.3 Å². The van der Waals surface area contributed by atoms with Crippen molar-refractivity contribution in [3.63, 3.8) is 0 Å². The molecule has 0 radical (unpaired) electrons. The van der Waals surface area contributed by atoms with Gasteiger partial charge in [0.25, 0.3) is 5.72 Å². The van der Waals surface area contributed by atoms with Crippen LogP contribution in [0.5, 0.6) is 0 Å². The van der Waals surface area contributed by atoms with E-state index in [0.29, 0.717) is 50.2 Å². The summed E-state index contributed by atoms with van der Waals surface area (Å²) in [7, 11) is 5.30. The first-order chi connectivity index (χ1) is 31.2. The summed E-state index contributed by atoms with van der Waals surface area (Å²) in [5.41, 5.74) is 10.2. The van der Waals surface area contributed by atoms with Crippen molar-refractivity contribution in [3.8, 4) is 11.3 Å². The Morgan fingerprint density at radius 2 is 1.77 bits per heavy atom. The number of carbonyl (C=O) groups is 3. The molecular formula is C46H70N10O10. The van der Waals surface area contributed by atoms with E-state index in [1.165, 1.54) is 23.8 Å². The second-order valence-electron chi connectivity index (χ2n) is 18.9. The fourth-order valence-electron chi connectivity index (χ4n) is 10.1. The summed E-state index contributed by atoms with van der Waals surface area (Å²) in [6, 6.07) is 6.95. The number of anilines is 2. The van der Waals surface area contributed by atoms with Gasteiger partial charge in [-0.25, -0.2) is 9.59 Å². The van der Waals surface area contributed by atoms with Crippen LogP contribution in [0.25, 0.3) is 11.3 Å². The van der Waals surface area contributed by atoms with Gasteiger partial charge < -0.3 is 50.5 Å². The normalized spacial score (nSPS) is 33.8. The Bertz CT molecular complexity index is 2220. The number of nitrogens with one attached hydrogen (secondary N) is 1. The van der Waals surface area contributed by atoms with Crippen LogP contribution in [0, 0.1) is 17.8 Å². The molecule has 66 heavy (non-hydrogen) atoms. The van der Waals surface area contributed by atoms with E-state index < -0.39 is 83.4 Å². The minimum Gasteiger partial charge on any atom is -0.455 e. The number of unbranched alkanes of at least 4 members (excludes halogenated alkanes) is 1. The molecule has 3 aromatic rings. The number of aliphatic hydroxyl groups is 1. The number of aromatic nitrogens is 5. The number of amides is 1. The Morgan fingerprint density at radius 3 is 2.44 bits per heavy atom. The molecule has 2 aromatic heterocycles. The quantitative estimate of drug-likeness (QED) is 0.0882. The standard InChI is InChI=1S/C46H70N10O10/c1-11-35-46(56-20-17-36(48)50-43(56)60)39(55(44(61)66-46)19-13-12-18-54-25-33(51-52-54)31-15-14-16-32(47)22-31)30(6)49-24-26(2)23-45(7,62-10)40(28(4)37(57)29(5)41(59)64-35)65-42-38(58)34(53(8)9)21-27(3)63-42/h14-17,20,22,25-30,34-35,38-40,42,49,58H,11-13,18-19,21,23-24,47H2,1-10H3,(H2,48,50,60)/t26-,27-,28+,29?,30-,34?,35-,38?,39-,40-,42+,45-,46-/m1/s1. The third-order valence-electron chi connectivity index (χ3n) is 13.6. The zero-order valence-electron chi connectivity index (χ0n) is 40.0. The van der Waals surface area contributed by atoms with Gasteiger partial charge in [-0.1, -0.05) is 38.1 Å². The molecule has 1 amide bonds. The van der Waals surface area contributed by atoms with E-state index in [1.54, 1.807) is 36.6 Å². The molecule has 364 valence electrons. The van der Waals surface area contributed by atoms with Gasteiger partial charge in [-0.3, -0.25) is 23.7 Å². The van der Waals surface area contributed by atoms with Gasteiger partial charge in [0.15, 0.2) is 18.2 Å². The van der Waals surface area contributed by atoms with Crippen molar-refractivity contribution in [1.29, 1.82) is 0 Å². The zero-order valence-corrected chi connectivity index (χ0v) is 40.0. The van der Waals surface area contributed by atoms with Gasteiger partial charge in [0.05, 0.1) is 24.0 Å². The van der Waals surface area contributed by atoms with Crippen molar-refractivity contribution >= 4 is 29.4 Å². The first-order valence-corrected chi connectivity index (χ1v) is 23.0.